The van der Waals surface area contributed by atoms with E-state index in [1.165, 1.54) is 50.5 Å². The summed E-state index contributed by atoms with van der Waals surface area (Å²) < 4.78 is 0. The number of nitrogens with zero attached hydrogens (tertiary/aromatic N) is 1. The molecule has 0 saturated heterocycles. The molecule has 0 aromatic carbocycles. The van der Waals surface area contributed by atoms with Crippen molar-refractivity contribution in [2.75, 3.05) is 27.2 Å². The number of hydrogen-bond acceptors (Lipinski definition) is 3. The zero-order valence-electron chi connectivity index (χ0n) is 24.9. The van der Waals surface area contributed by atoms with Crippen LogP contribution in [0, 0.1) is 46.3 Å². The average molecular weight is 537 g/mol. The molecule has 0 spiro atoms. The SMILES string of the molecule is CC(C)CCC[C@@H](C)[C@H]1CC[C@H]2[C@@H]3CC=C4C[C@](O)(C(=O)NCCN(C)C)CC[C@]4(C)[C@H]3CC[C@]12C.Cl. The van der Waals surface area contributed by atoms with Gasteiger partial charge in [0.25, 0.3) is 5.91 Å². The third-order valence-electron chi connectivity index (χ3n) is 11.6. The molecule has 0 unspecified atom stereocenters. The molecule has 214 valence electrons. The van der Waals surface area contributed by atoms with Crippen LogP contribution in [0.5, 0.6) is 0 Å². The Morgan fingerprint density at radius 3 is 2.49 bits per heavy atom. The van der Waals surface area contributed by atoms with Crippen molar-refractivity contribution < 1.29 is 9.90 Å². The number of allylic oxidation sites excluding steroid dienone is 1. The number of carbonyl (C=O) groups is 1. The fraction of sp³-hybridized carbons (Fsp3) is 0.906. The van der Waals surface area contributed by atoms with Crippen molar-refractivity contribution in [2.45, 2.75) is 111 Å². The third kappa shape index (κ3) is 5.97. The summed E-state index contributed by atoms with van der Waals surface area (Å²) in [5, 5.41) is 14.4. The van der Waals surface area contributed by atoms with Gasteiger partial charge in [-0.25, -0.2) is 0 Å². The lowest BCUT2D eigenvalue weighted by molar-refractivity contribution is -0.145. The van der Waals surface area contributed by atoms with Crippen LogP contribution in [0.3, 0.4) is 0 Å². The van der Waals surface area contributed by atoms with Gasteiger partial charge in [-0.2, -0.15) is 0 Å². The molecule has 5 heteroatoms. The van der Waals surface area contributed by atoms with Crippen LogP contribution in [0.4, 0.5) is 0 Å². The molecule has 0 radical (unpaired) electrons. The Bertz CT molecular complexity index is 828. The number of fused-ring (bicyclic) bond motifs is 5. The van der Waals surface area contributed by atoms with Crippen molar-refractivity contribution in [2.24, 2.45) is 46.3 Å². The second-order valence-electron chi connectivity index (χ2n) is 14.6. The van der Waals surface area contributed by atoms with Gasteiger partial charge in [0.1, 0.15) is 5.60 Å². The zero-order chi connectivity index (χ0) is 26.3. The molecular weight excluding hydrogens is 480 g/mol. The summed E-state index contributed by atoms with van der Waals surface area (Å²) in [7, 11) is 4.01. The molecule has 4 aliphatic carbocycles. The van der Waals surface area contributed by atoms with Gasteiger partial charge < -0.3 is 15.3 Å². The van der Waals surface area contributed by atoms with Gasteiger partial charge in [-0.1, -0.05) is 65.5 Å². The first-order valence-electron chi connectivity index (χ1n) is 15.3. The van der Waals surface area contributed by atoms with Crippen molar-refractivity contribution in [3.05, 3.63) is 11.6 Å². The van der Waals surface area contributed by atoms with Crippen LogP contribution < -0.4 is 5.32 Å². The number of hydrogen-bond donors (Lipinski definition) is 2. The molecule has 0 aromatic heterocycles. The number of nitrogens with one attached hydrogen (secondary N) is 1. The Kier molecular flexibility index (Phi) is 9.94. The summed E-state index contributed by atoms with van der Waals surface area (Å²) in [6.07, 6.45) is 15.4. The van der Waals surface area contributed by atoms with E-state index in [-0.39, 0.29) is 23.7 Å². The first-order chi connectivity index (χ1) is 16.9. The van der Waals surface area contributed by atoms with Gasteiger partial charge in [0.05, 0.1) is 0 Å². The van der Waals surface area contributed by atoms with E-state index >= 15 is 0 Å². The number of amides is 1. The molecule has 37 heavy (non-hydrogen) atoms. The van der Waals surface area contributed by atoms with Crippen molar-refractivity contribution in [1.29, 1.82) is 0 Å². The Labute approximate surface area is 234 Å². The summed E-state index contributed by atoms with van der Waals surface area (Å²) in [6, 6.07) is 0. The van der Waals surface area contributed by atoms with Crippen molar-refractivity contribution in [3.8, 4) is 0 Å². The Balaban J connectivity index is 0.00000380. The lowest BCUT2D eigenvalue weighted by atomic mass is 9.46. The maximum Gasteiger partial charge on any atom is 0.252 e. The summed E-state index contributed by atoms with van der Waals surface area (Å²) in [4.78, 5) is 15.0. The standard InChI is InChI=1S/C32H56N2O2.ClH/c1-22(2)9-8-10-23(3)26-13-14-27-25-12-11-24-21-32(36,29(35)33-19-20-34(6)7)18-17-30(24,4)28(25)15-16-31(26,27)5;/h11,22-23,25-28,36H,8-10,12-21H2,1-7H3,(H,33,35);1H/t23-,25+,26-,27+,28+,30+,31-,32+;/m1./s1. The van der Waals surface area contributed by atoms with Gasteiger partial charge in [0.2, 0.25) is 0 Å². The first-order valence-corrected chi connectivity index (χ1v) is 15.3. The van der Waals surface area contributed by atoms with Crippen molar-refractivity contribution >= 4 is 18.3 Å². The van der Waals surface area contributed by atoms with E-state index in [4.69, 9.17) is 0 Å². The Hall–Kier alpha value is -0.580. The molecule has 0 heterocycles. The summed E-state index contributed by atoms with van der Waals surface area (Å²) in [5.74, 6) is 4.72. The van der Waals surface area contributed by atoms with E-state index in [2.05, 4.69) is 50.9 Å². The van der Waals surface area contributed by atoms with Crippen LogP contribution in [0.15, 0.2) is 11.6 Å². The van der Waals surface area contributed by atoms with Gasteiger partial charge in [-0.15, -0.1) is 12.4 Å². The molecule has 4 rings (SSSR count). The molecule has 4 nitrogen and oxygen atoms in total. The highest BCUT2D eigenvalue weighted by atomic mass is 35.5. The van der Waals surface area contributed by atoms with Gasteiger partial charge in [-0.3, -0.25) is 4.79 Å². The van der Waals surface area contributed by atoms with Gasteiger partial charge in [-0.05, 0) is 105 Å². The molecular formula is C32H57ClN2O2. The highest BCUT2D eigenvalue weighted by Gasteiger charge is 2.60. The maximum absolute atomic E-state index is 13.0. The van der Waals surface area contributed by atoms with Crippen LogP contribution in [0.25, 0.3) is 0 Å². The van der Waals surface area contributed by atoms with E-state index in [0.29, 0.717) is 30.7 Å². The van der Waals surface area contributed by atoms with E-state index in [1.54, 1.807) is 0 Å². The lowest BCUT2D eigenvalue weighted by Gasteiger charge is -2.59. The summed E-state index contributed by atoms with van der Waals surface area (Å²) in [6.45, 7) is 13.8. The number of likely N-dealkylation sites (N-methyl/N-ethyl adjacent to an activating group) is 1. The molecule has 8 atom stereocenters. The molecule has 0 aromatic rings. The first kappa shape index (κ1) is 31.0. The second kappa shape index (κ2) is 11.9. The lowest BCUT2D eigenvalue weighted by Crippen LogP contribution is -2.56. The Morgan fingerprint density at radius 2 is 1.81 bits per heavy atom. The topological polar surface area (TPSA) is 52.6 Å². The quantitative estimate of drug-likeness (QED) is 0.316. The molecule has 3 fully saturated rings. The van der Waals surface area contributed by atoms with E-state index in [0.717, 1.165) is 49.0 Å². The highest BCUT2D eigenvalue weighted by Crippen LogP contribution is 2.67. The van der Waals surface area contributed by atoms with Crippen LogP contribution >= 0.6 is 12.4 Å². The minimum atomic E-state index is -1.24. The normalized spacial score (nSPS) is 39.8. The average Bonchev–Trinajstić information content (AvgIpc) is 3.16. The second-order valence-corrected chi connectivity index (χ2v) is 14.6. The fourth-order valence-electron chi connectivity index (χ4n) is 9.42. The Morgan fingerprint density at radius 1 is 1.08 bits per heavy atom. The molecule has 0 bridgehead atoms. The van der Waals surface area contributed by atoms with Gasteiger partial charge in [0.15, 0.2) is 0 Å². The zero-order valence-corrected chi connectivity index (χ0v) is 25.8. The largest absolute Gasteiger partial charge is 0.380 e. The molecule has 0 aliphatic heterocycles. The number of aliphatic hydroxyl groups is 1. The van der Waals surface area contributed by atoms with Gasteiger partial charge in [0, 0.05) is 19.5 Å². The fourth-order valence-corrected chi connectivity index (χ4v) is 9.42. The monoisotopic (exact) mass is 536 g/mol. The molecule has 4 aliphatic rings. The minimum absolute atomic E-state index is 0. The summed E-state index contributed by atoms with van der Waals surface area (Å²) >= 11 is 0. The van der Waals surface area contributed by atoms with Crippen LogP contribution in [0.2, 0.25) is 0 Å². The van der Waals surface area contributed by atoms with Gasteiger partial charge >= 0.3 is 0 Å². The number of halogens is 1. The van der Waals surface area contributed by atoms with Crippen LogP contribution in [-0.2, 0) is 4.79 Å². The van der Waals surface area contributed by atoms with Crippen LogP contribution in [0.1, 0.15) is 105 Å². The molecule has 1 amide bonds. The maximum atomic E-state index is 13.0. The van der Waals surface area contributed by atoms with E-state index < -0.39 is 5.60 Å². The third-order valence-corrected chi connectivity index (χ3v) is 11.6. The molecule has 3 saturated carbocycles. The predicted octanol–water partition coefficient (Wildman–Crippen LogP) is 6.86. The molecule has 2 N–H and O–H groups in total. The van der Waals surface area contributed by atoms with E-state index in [9.17, 15) is 9.90 Å². The summed E-state index contributed by atoms with van der Waals surface area (Å²) in [5.41, 5.74) is 0.793. The van der Waals surface area contributed by atoms with Crippen molar-refractivity contribution in [1.82, 2.24) is 10.2 Å². The number of rotatable bonds is 9. The predicted molar refractivity (Wildman–Crippen MR) is 157 cm³/mol. The van der Waals surface area contributed by atoms with Crippen LogP contribution in [-0.4, -0.2) is 48.7 Å². The minimum Gasteiger partial charge on any atom is -0.380 e. The van der Waals surface area contributed by atoms with Crippen molar-refractivity contribution in [3.63, 3.8) is 0 Å². The highest BCUT2D eigenvalue weighted by molar-refractivity contribution is 5.86. The number of carbonyl (C=O) groups excluding carboxylic acids is 1. The smallest absolute Gasteiger partial charge is 0.252 e. The van der Waals surface area contributed by atoms with E-state index in [1.807, 2.05) is 14.1 Å².